The zero-order valence-electron chi connectivity index (χ0n) is 33.8. The number of aromatic nitrogens is 1. The van der Waals surface area contributed by atoms with Gasteiger partial charge < -0.3 is 8.98 Å². The number of fused-ring (bicyclic) bond motifs is 12. The number of hydrogen-bond donors (Lipinski definition) is 0. The van der Waals surface area contributed by atoms with Crippen molar-refractivity contribution in [3.05, 3.63) is 211 Å². The maximum absolute atomic E-state index is 6.30. The predicted octanol–water partition coefficient (Wildman–Crippen LogP) is 16.5. The van der Waals surface area contributed by atoms with Crippen LogP contribution in [0.3, 0.4) is 0 Å². The highest BCUT2D eigenvalue weighted by atomic mass is 32.1. The fourth-order valence-electron chi connectivity index (χ4n) is 10.9. The minimum absolute atomic E-state index is 0.109. The monoisotopic (exact) mass is 797 g/mol. The molecule has 12 aromatic rings. The Morgan fingerprint density at radius 2 is 1.15 bits per heavy atom. The quantitative estimate of drug-likeness (QED) is 0.173. The summed E-state index contributed by atoms with van der Waals surface area (Å²) in [6, 6.07) is 71.9. The van der Waals surface area contributed by atoms with Crippen molar-refractivity contribution in [3.63, 3.8) is 0 Å². The molecule has 0 saturated heterocycles. The molecule has 13 rings (SSSR count). The fraction of sp³-hybridized carbons (Fsp3) is 0.0690. The van der Waals surface area contributed by atoms with Crippen LogP contribution in [0.5, 0.6) is 0 Å². The van der Waals surface area contributed by atoms with Gasteiger partial charge in [-0.25, -0.2) is 0 Å². The van der Waals surface area contributed by atoms with E-state index in [4.69, 9.17) is 4.42 Å². The van der Waals surface area contributed by atoms with Crippen molar-refractivity contribution in [1.82, 2.24) is 4.57 Å². The first-order valence-corrected chi connectivity index (χ1v) is 22.0. The van der Waals surface area contributed by atoms with Gasteiger partial charge >= 0.3 is 0 Å². The average molecular weight is 798 g/mol. The van der Waals surface area contributed by atoms with E-state index in [0.29, 0.717) is 0 Å². The molecule has 0 saturated carbocycles. The lowest BCUT2D eigenvalue weighted by molar-refractivity contribution is 0.455. The lowest BCUT2D eigenvalue weighted by atomic mass is 9.60. The van der Waals surface area contributed by atoms with E-state index in [-0.39, 0.29) is 11.3 Å². The van der Waals surface area contributed by atoms with Crippen LogP contribution in [0.25, 0.3) is 103 Å². The summed E-state index contributed by atoms with van der Waals surface area (Å²) in [5, 5.41) is 7.47. The lowest BCUT2D eigenvalue weighted by Crippen LogP contribution is -2.32. The Kier molecular flexibility index (Phi) is 7.33. The SMILES string of the molecule is CC1(C)c2cccc(-c3ccc4c(c3)c3ccccc3n4-c3ccccc3)c2-c2ccccc2C1c1cc(-c2ccc3oc4ccccc4c3c2)c2sc3ccccc3c2c1. The van der Waals surface area contributed by atoms with Crippen LogP contribution in [0.2, 0.25) is 0 Å². The molecule has 1 aliphatic carbocycles. The summed E-state index contributed by atoms with van der Waals surface area (Å²) in [6.07, 6.45) is 0. The molecule has 0 amide bonds. The van der Waals surface area contributed by atoms with Gasteiger partial charge in [0.1, 0.15) is 11.2 Å². The number of para-hydroxylation sites is 3. The van der Waals surface area contributed by atoms with Crippen molar-refractivity contribution in [1.29, 1.82) is 0 Å². The zero-order chi connectivity index (χ0) is 40.4. The molecule has 1 atom stereocenters. The summed E-state index contributed by atoms with van der Waals surface area (Å²) in [7, 11) is 0. The molecule has 2 nitrogen and oxygen atoms in total. The Labute approximate surface area is 357 Å². The second-order valence-electron chi connectivity index (χ2n) is 17.2. The summed E-state index contributed by atoms with van der Waals surface area (Å²) < 4.78 is 11.3. The second-order valence-corrected chi connectivity index (χ2v) is 18.3. The Hall–Kier alpha value is -7.20. The number of furan rings is 1. The first-order chi connectivity index (χ1) is 30.0. The highest BCUT2D eigenvalue weighted by Crippen LogP contribution is 2.57. The number of benzene rings is 9. The summed E-state index contributed by atoms with van der Waals surface area (Å²) in [6.45, 7) is 4.93. The van der Waals surface area contributed by atoms with E-state index in [9.17, 15) is 0 Å². The van der Waals surface area contributed by atoms with Crippen molar-refractivity contribution in [2.24, 2.45) is 0 Å². The van der Waals surface area contributed by atoms with Gasteiger partial charge in [0.15, 0.2) is 0 Å². The lowest BCUT2D eigenvalue weighted by Gasteiger charge is -2.43. The molecular weight excluding hydrogens is 759 g/mol. The molecular formula is C58H39NOS. The van der Waals surface area contributed by atoms with Gasteiger partial charge in [-0.3, -0.25) is 0 Å². The normalized spacial score (nSPS) is 14.7. The van der Waals surface area contributed by atoms with Crippen molar-refractivity contribution in [2.75, 3.05) is 0 Å². The molecule has 3 aromatic heterocycles. The van der Waals surface area contributed by atoms with Crippen molar-refractivity contribution >= 4 is 75.3 Å². The fourth-order valence-corrected chi connectivity index (χ4v) is 12.1. The van der Waals surface area contributed by atoms with E-state index in [1.165, 1.54) is 97.7 Å². The Morgan fingerprint density at radius 1 is 0.475 bits per heavy atom. The van der Waals surface area contributed by atoms with Gasteiger partial charge in [0, 0.05) is 58.7 Å². The molecule has 0 radical (unpaired) electrons. The largest absolute Gasteiger partial charge is 0.456 e. The smallest absolute Gasteiger partial charge is 0.135 e. The van der Waals surface area contributed by atoms with Gasteiger partial charge in [0.25, 0.3) is 0 Å². The third-order valence-electron chi connectivity index (χ3n) is 13.5. The minimum atomic E-state index is -0.241. The Morgan fingerprint density at radius 3 is 2.05 bits per heavy atom. The van der Waals surface area contributed by atoms with Crippen LogP contribution in [0.4, 0.5) is 0 Å². The molecule has 1 aliphatic rings. The third kappa shape index (κ3) is 5.02. The van der Waals surface area contributed by atoms with Gasteiger partial charge in [-0.2, -0.15) is 0 Å². The van der Waals surface area contributed by atoms with Crippen LogP contribution in [0, 0.1) is 0 Å². The van der Waals surface area contributed by atoms with Gasteiger partial charge in [-0.1, -0.05) is 141 Å². The molecule has 0 N–H and O–H groups in total. The molecule has 0 aliphatic heterocycles. The number of nitrogens with zero attached hydrogens (tertiary/aromatic N) is 1. The van der Waals surface area contributed by atoms with Gasteiger partial charge in [-0.15, -0.1) is 11.3 Å². The topological polar surface area (TPSA) is 18.1 Å². The van der Waals surface area contributed by atoms with Gasteiger partial charge in [0.2, 0.25) is 0 Å². The Balaban J connectivity index is 1.02. The summed E-state index contributed by atoms with van der Waals surface area (Å²) in [5.74, 6) is 0.109. The standard InChI is InChI=1S/C58H39NOS/c1-58(2)49-23-14-22-39(35-27-29-51-46(31-35)40-17-8-11-24-50(40)59(51)38-15-4-3-5-16-38)55(49)43-20-6-7-21-44(43)56(58)37-33-45(57-48(34-37)42-19-10-13-26-54(42)61-57)36-28-30-53-47(32-36)41-18-9-12-25-52(41)60-53/h3-34,56H,1-2H3. The van der Waals surface area contributed by atoms with Crippen LogP contribution >= 0.6 is 11.3 Å². The van der Waals surface area contributed by atoms with E-state index < -0.39 is 0 Å². The van der Waals surface area contributed by atoms with Crippen LogP contribution < -0.4 is 0 Å². The molecule has 3 heterocycles. The van der Waals surface area contributed by atoms with Crippen molar-refractivity contribution in [2.45, 2.75) is 25.2 Å². The van der Waals surface area contributed by atoms with E-state index in [0.717, 1.165) is 21.9 Å². The zero-order valence-corrected chi connectivity index (χ0v) is 34.6. The van der Waals surface area contributed by atoms with E-state index in [2.05, 4.69) is 206 Å². The number of rotatable bonds is 4. The van der Waals surface area contributed by atoms with Gasteiger partial charge in [0.05, 0.1) is 11.0 Å². The molecule has 9 aromatic carbocycles. The predicted molar refractivity (Wildman–Crippen MR) is 259 cm³/mol. The maximum Gasteiger partial charge on any atom is 0.135 e. The highest BCUT2D eigenvalue weighted by molar-refractivity contribution is 7.26. The number of thiophene rings is 1. The molecule has 0 fully saturated rings. The molecule has 61 heavy (non-hydrogen) atoms. The van der Waals surface area contributed by atoms with Crippen molar-refractivity contribution < 1.29 is 4.42 Å². The minimum Gasteiger partial charge on any atom is -0.456 e. The average Bonchev–Trinajstić information content (AvgIpc) is 3.98. The first-order valence-electron chi connectivity index (χ1n) is 21.2. The summed E-state index contributed by atoms with van der Waals surface area (Å²) in [5.41, 5.74) is 17.0. The maximum atomic E-state index is 6.30. The summed E-state index contributed by atoms with van der Waals surface area (Å²) >= 11 is 1.90. The molecule has 0 bridgehead atoms. The van der Waals surface area contributed by atoms with Crippen LogP contribution in [-0.2, 0) is 5.41 Å². The van der Waals surface area contributed by atoms with E-state index >= 15 is 0 Å². The third-order valence-corrected chi connectivity index (χ3v) is 14.8. The molecule has 288 valence electrons. The molecule has 3 heteroatoms. The van der Waals surface area contributed by atoms with Crippen LogP contribution in [0.15, 0.2) is 199 Å². The highest BCUT2D eigenvalue weighted by Gasteiger charge is 2.42. The second kappa shape index (κ2) is 12.9. The van der Waals surface area contributed by atoms with E-state index in [1.54, 1.807) is 0 Å². The van der Waals surface area contributed by atoms with Crippen molar-refractivity contribution in [3.8, 4) is 39.1 Å². The van der Waals surface area contributed by atoms with Gasteiger partial charge in [-0.05, 0) is 117 Å². The molecule has 0 spiro atoms. The molecule has 1 unspecified atom stereocenters. The van der Waals surface area contributed by atoms with Crippen LogP contribution in [0.1, 0.15) is 36.5 Å². The van der Waals surface area contributed by atoms with E-state index in [1.807, 2.05) is 17.4 Å². The van der Waals surface area contributed by atoms with Crippen LogP contribution in [-0.4, -0.2) is 4.57 Å². The Bertz CT molecular complexity index is 3750. The first kappa shape index (κ1) is 34.6. The summed E-state index contributed by atoms with van der Waals surface area (Å²) in [4.78, 5) is 0. The number of hydrogen-bond acceptors (Lipinski definition) is 2.